The summed E-state index contributed by atoms with van der Waals surface area (Å²) < 4.78 is 2.21. The summed E-state index contributed by atoms with van der Waals surface area (Å²) in [6.07, 6.45) is 6.37. The summed E-state index contributed by atoms with van der Waals surface area (Å²) >= 11 is 0. The molecule has 12 heavy (non-hydrogen) atoms. The third-order valence-corrected chi connectivity index (χ3v) is 1.89. The van der Waals surface area contributed by atoms with Gasteiger partial charge in [0.25, 0.3) is 0 Å². The predicted molar refractivity (Wildman–Crippen MR) is 49.9 cm³/mol. The van der Waals surface area contributed by atoms with Gasteiger partial charge in [-0.1, -0.05) is 13.3 Å². The van der Waals surface area contributed by atoms with Crippen LogP contribution in [0.25, 0.3) is 0 Å². The molecule has 0 aliphatic rings. The molecule has 68 valence electrons. The van der Waals surface area contributed by atoms with E-state index in [2.05, 4.69) is 21.8 Å². The van der Waals surface area contributed by atoms with Gasteiger partial charge in [-0.2, -0.15) is 0 Å². The Morgan fingerprint density at radius 1 is 1.58 bits per heavy atom. The molecular weight excluding hydrogens is 150 g/mol. The van der Waals surface area contributed by atoms with E-state index >= 15 is 0 Å². The Labute approximate surface area is 73.8 Å². The van der Waals surface area contributed by atoms with Gasteiger partial charge in [0, 0.05) is 18.9 Å². The third-order valence-electron chi connectivity index (χ3n) is 1.89. The predicted octanol–water partition coefficient (Wildman–Crippen LogP) is 1.40. The Morgan fingerprint density at radius 2 is 2.42 bits per heavy atom. The van der Waals surface area contributed by atoms with E-state index in [1.54, 1.807) is 0 Å². The molecule has 1 N–H and O–H groups in total. The van der Waals surface area contributed by atoms with Crippen LogP contribution in [-0.2, 0) is 13.1 Å². The molecule has 0 radical (unpaired) electrons. The minimum atomic E-state index is 0.858. The van der Waals surface area contributed by atoms with E-state index in [0.29, 0.717) is 0 Å². The van der Waals surface area contributed by atoms with Gasteiger partial charge in [-0.3, -0.25) is 0 Å². The topological polar surface area (TPSA) is 29.9 Å². The molecule has 0 aromatic carbocycles. The molecule has 1 aromatic heterocycles. The van der Waals surface area contributed by atoms with Crippen LogP contribution in [0.4, 0.5) is 0 Å². The second-order valence-corrected chi connectivity index (χ2v) is 2.92. The van der Waals surface area contributed by atoms with E-state index in [1.165, 1.54) is 12.8 Å². The van der Waals surface area contributed by atoms with E-state index in [4.69, 9.17) is 0 Å². The Morgan fingerprint density at radius 3 is 3.08 bits per heavy atom. The standard InChI is InChI=1S/C9H17N3/c1-3-4-6-12-7-5-11-9(12)8-10-2/h5,7,10H,3-4,6,8H2,1-2H3. The zero-order valence-corrected chi connectivity index (χ0v) is 7.88. The van der Waals surface area contributed by atoms with Crippen LogP contribution in [0.15, 0.2) is 12.4 Å². The van der Waals surface area contributed by atoms with Crippen molar-refractivity contribution in [2.45, 2.75) is 32.9 Å². The van der Waals surface area contributed by atoms with Crippen LogP contribution in [0.3, 0.4) is 0 Å². The maximum atomic E-state index is 4.26. The van der Waals surface area contributed by atoms with Gasteiger partial charge >= 0.3 is 0 Å². The summed E-state index contributed by atoms with van der Waals surface area (Å²) in [5.41, 5.74) is 0. The average molecular weight is 167 g/mol. The molecule has 0 saturated heterocycles. The molecule has 0 amide bonds. The van der Waals surface area contributed by atoms with Crippen molar-refractivity contribution in [1.29, 1.82) is 0 Å². The van der Waals surface area contributed by atoms with Crippen LogP contribution in [0.5, 0.6) is 0 Å². The zero-order valence-electron chi connectivity index (χ0n) is 7.88. The largest absolute Gasteiger partial charge is 0.334 e. The first kappa shape index (κ1) is 9.26. The monoisotopic (exact) mass is 167 g/mol. The van der Waals surface area contributed by atoms with Gasteiger partial charge in [-0.05, 0) is 13.5 Å². The number of imidazole rings is 1. The molecular formula is C9H17N3. The van der Waals surface area contributed by atoms with Crippen molar-refractivity contribution < 1.29 is 0 Å². The Bertz CT molecular complexity index is 217. The summed E-state index contributed by atoms with van der Waals surface area (Å²) in [4.78, 5) is 4.26. The smallest absolute Gasteiger partial charge is 0.122 e. The van der Waals surface area contributed by atoms with Crippen LogP contribution < -0.4 is 5.32 Å². The van der Waals surface area contributed by atoms with Gasteiger partial charge in [-0.25, -0.2) is 4.98 Å². The maximum Gasteiger partial charge on any atom is 0.122 e. The van der Waals surface area contributed by atoms with E-state index in [-0.39, 0.29) is 0 Å². The SMILES string of the molecule is CCCCn1ccnc1CNC. The highest BCUT2D eigenvalue weighted by Crippen LogP contribution is 2.00. The number of hydrogen-bond acceptors (Lipinski definition) is 2. The lowest BCUT2D eigenvalue weighted by Gasteiger charge is -2.05. The first-order valence-corrected chi connectivity index (χ1v) is 4.53. The summed E-state index contributed by atoms with van der Waals surface area (Å²) in [6, 6.07) is 0. The minimum Gasteiger partial charge on any atom is -0.334 e. The molecule has 0 atom stereocenters. The van der Waals surface area contributed by atoms with Crippen LogP contribution in [0, 0.1) is 0 Å². The van der Waals surface area contributed by atoms with Gasteiger partial charge in [-0.15, -0.1) is 0 Å². The lowest BCUT2D eigenvalue weighted by atomic mass is 10.3. The minimum absolute atomic E-state index is 0.858. The van der Waals surface area contributed by atoms with Crippen molar-refractivity contribution in [1.82, 2.24) is 14.9 Å². The molecule has 0 unspecified atom stereocenters. The van der Waals surface area contributed by atoms with Crippen molar-refractivity contribution in [2.75, 3.05) is 7.05 Å². The fourth-order valence-corrected chi connectivity index (χ4v) is 1.20. The first-order chi connectivity index (χ1) is 5.88. The van der Waals surface area contributed by atoms with E-state index in [9.17, 15) is 0 Å². The molecule has 1 aromatic rings. The molecule has 0 aliphatic carbocycles. The molecule has 1 rings (SSSR count). The number of rotatable bonds is 5. The van der Waals surface area contributed by atoms with E-state index in [0.717, 1.165) is 18.9 Å². The lowest BCUT2D eigenvalue weighted by molar-refractivity contribution is 0.587. The third kappa shape index (κ3) is 2.34. The van der Waals surface area contributed by atoms with Crippen molar-refractivity contribution in [3.05, 3.63) is 18.2 Å². The maximum absolute atomic E-state index is 4.26. The molecule has 1 heterocycles. The molecule has 0 saturated carbocycles. The van der Waals surface area contributed by atoms with Gasteiger partial charge in [0.15, 0.2) is 0 Å². The Hall–Kier alpha value is -0.830. The number of aromatic nitrogens is 2. The number of nitrogens with zero attached hydrogens (tertiary/aromatic N) is 2. The summed E-state index contributed by atoms with van der Waals surface area (Å²) in [6.45, 7) is 4.15. The van der Waals surface area contributed by atoms with Crippen molar-refractivity contribution in [3.63, 3.8) is 0 Å². The van der Waals surface area contributed by atoms with Crippen LogP contribution in [0.1, 0.15) is 25.6 Å². The molecule has 0 aliphatic heterocycles. The van der Waals surface area contributed by atoms with Crippen molar-refractivity contribution in [3.8, 4) is 0 Å². The normalized spacial score (nSPS) is 10.5. The van der Waals surface area contributed by atoms with E-state index < -0.39 is 0 Å². The second-order valence-electron chi connectivity index (χ2n) is 2.92. The summed E-state index contributed by atoms with van der Waals surface area (Å²) in [5, 5.41) is 3.10. The Kier molecular flexibility index (Phi) is 3.80. The van der Waals surface area contributed by atoms with Crippen LogP contribution in [-0.4, -0.2) is 16.6 Å². The van der Waals surface area contributed by atoms with Crippen LogP contribution in [0.2, 0.25) is 0 Å². The molecule has 3 heteroatoms. The molecule has 0 spiro atoms. The fraction of sp³-hybridized carbons (Fsp3) is 0.667. The van der Waals surface area contributed by atoms with Gasteiger partial charge in [0.05, 0.1) is 6.54 Å². The Balaban J connectivity index is 2.51. The zero-order chi connectivity index (χ0) is 8.81. The van der Waals surface area contributed by atoms with Crippen molar-refractivity contribution >= 4 is 0 Å². The number of nitrogens with one attached hydrogen (secondary N) is 1. The number of unbranched alkanes of at least 4 members (excludes halogenated alkanes) is 1. The number of aryl methyl sites for hydroxylation is 1. The highest BCUT2D eigenvalue weighted by Gasteiger charge is 1.99. The highest BCUT2D eigenvalue weighted by atomic mass is 15.1. The fourth-order valence-electron chi connectivity index (χ4n) is 1.20. The highest BCUT2D eigenvalue weighted by molar-refractivity contribution is 4.91. The molecule has 3 nitrogen and oxygen atoms in total. The average Bonchev–Trinajstić information content (AvgIpc) is 2.50. The lowest BCUT2D eigenvalue weighted by Crippen LogP contribution is -2.12. The molecule has 0 fully saturated rings. The first-order valence-electron chi connectivity index (χ1n) is 4.53. The summed E-state index contributed by atoms with van der Waals surface area (Å²) in [7, 11) is 1.94. The van der Waals surface area contributed by atoms with E-state index in [1.807, 2.05) is 19.4 Å². The second kappa shape index (κ2) is 4.93. The molecule has 0 bridgehead atoms. The quantitative estimate of drug-likeness (QED) is 0.718. The summed E-state index contributed by atoms with van der Waals surface area (Å²) in [5.74, 6) is 1.13. The van der Waals surface area contributed by atoms with Gasteiger partial charge in [0.2, 0.25) is 0 Å². The van der Waals surface area contributed by atoms with Crippen LogP contribution >= 0.6 is 0 Å². The van der Waals surface area contributed by atoms with Gasteiger partial charge < -0.3 is 9.88 Å². The van der Waals surface area contributed by atoms with Gasteiger partial charge in [0.1, 0.15) is 5.82 Å². The van der Waals surface area contributed by atoms with Crippen molar-refractivity contribution in [2.24, 2.45) is 0 Å². The number of hydrogen-bond donors (Lipinski definition) is 1.